The number of Topliss-reactive ketones (excluding diaryl/α,β-unsaturated/α-hetero) is 1. The Morgan fingerprint density at radius 1 is 1.19 bits per heavy atom. The first-order chi connectivity index (χ1) is 10.1. The van der Waals surface area contributed by atoms with E-state index in [0.29, 0.717) is 17.8 Å². The average molecular weight is 283 g/mol. The minimum absolute atomic E-state index is 0.0954. The largest absolute Gasteiger partial charge is 0.364 e. The molecule has 1 heterocycles. The summed E-state index contributed by atoms with van der Waals surface area (Å²) in [6.07, 6.45) is 0.920. The van der Waals surface area contributed by atoms with Gasteiger partial charge >= 0.3 is 0 Å². The molecule has 0 bridgehead atoms. The Kier molecular flexibility index (Phi) is 3.50. The molecule has 0 fully saturated rings. The molecule has 1 aliphatic rings. The number of halogens is 1. The van der Waals surface area contributed by atoms with Gasteiger partial charge in [-0.3, -0.25) is 4.79 Å². The molecule has 2 aromatic rings. The number of rotatable bonds is 2. The molecule has 0 aliphatic carbocycles. The number of fused-ring (bicyclic) bond motifs is 1. The number of nitrogens with zero attached hydrogens (tertiary/aromatic N) is 1. The zero-order valence-corrected chi connectivity index (χ0v) is 12.3. The van der Waals surface area contributed by atoms with Gasteiger partial charge in [-0.2, -0.15) is 0 Å². The molecule has 2 nitrogen and oxygen atoms in total. The van der Waals surface area contributed by atoms with Gasteiger partial charge in [-0.1, -0.05) is 24.3 Å². The minimum Gasteiger partial charge on any atom is -0.364 e. The highest BCUT2D eigenvalue weighted by Gasteiger charge is 2.20. The van der Waals surface area contributed by atoms with Crippen LogP contribution in [0.4, 0.5) is 10.1 Å². The molecule has 108 valence electrons. The monoisotopic (exact) mass is 283 g/mol. The first-order valence-corrected chi connectivity index (χ1v) is 7.19. The van der Waals surface area contributed by atoms with E-state index in [2.05, 4.69) is 17.0 Å². The smallest absolute Gasteiger partial charge is 0.160 e. The Hall–Kier alpha value is -2.16. The fraction of sp³-hybridized carbons (Fsp3) is 0.278. The number of hydrogen-bond acceptors (Lipinski definition) is 2. The average Bonchev–Trinajstić information content (AvgIpc) is 2.48. The van der Waals surface area contributed by atoms with Crippen LogP contribution in [0.2, 0.25) is 0 Å². The van der Waals surface area contributed by atoms with E-state index in [1.807, 2.05) is 19.1 Å². The Bertz CT molecular complexity index is 708. The molecule has 0 saturated heterocycles. The molecular formula is C18H18FNO. The Morgan fingerprint density at radius 2 is 1.90 bits per heavy atom. The lowest BCUT2D eigenvalue weighted by atomic mass is 9.98. The molecule has 0 spiro atoms. The van der Waals surface area contributed by atoms with Gasteiger partial charge in [0.1, 0.15) is 5.82 Å². The molecule has 0 N–H and O–H groups in total. The molecule has 3 heteroatoms. The Morgan fingerprint density at radius 3 is 2.62 bits per heavy atom. The molecule has 0 aromatic heterocycles. The fourth-order valence-electron chi connectivity index (χ4n) is 2.99. The van der Waals surface area contributed by atoms with Crippen LogP contribution in [0.5, 0.6) is 0 Å². The third kappa shape index (κ3) is 2.56. The van der Waals surface area contributed by atoms with Crippen LogP contribution in [-0.4, -0.2) is 12.3 Å². The normalized spacial score (nSPS) is 14.0. The maximum absolute atomic E-state index is 14.4. The van der Waals surface area contributed by atoms with Crippen LogP contribution in [0.25, 0.3) is 0 Å². The van der Waals surface area contributed by atoms with Crippen molar-refractivity contribution in [3.05, 3.63) is 64.5 Å². The van der Waals surface area contributed by atoms with Crippen molar-refractivity contribution in [3.8, 4) is 0 Å². The van der Waals surface area contributed by atoms with Crippen molar-refractivity contribution in [2.45, 2.75) is 26.8 Å². The number of benzene rings is 2. The molecule has 0 radical (unpaired) electrons. The minimum atomic E-state index is -0.315. The summed E-state index contributed by atoms with van der Waals surface area (Å²) in [5.74, 6) is -0.410. The summed E-state index contributed by atoms with van der Waals surface area (Å²) in [5, 5.41) is 0. The van der Waals surface area contributed by atoms with E-state index in [9.17, 15) is 9.18 Å². The predicted molar refractivity (Wildman–Crippen MR) is 82.3 cm³/mol. The third-order valence-corrected chi connectivity index (χ3v) is 4.14. The van der Waals surface area contributed by atoms with Crippen molar-refractivity contribution < 1.29 is 9.18 Å². The first-order valence-electron chi connectivity index (χ1n) is 7.19. The molecule has 2 aromatic carbocycles. The van der Waals surface area contributed by atoms with E-state index in [1.54, 1.807) is 6.07 Å². The number of anilines is 1. The molecule has 0 unspecified atom stereocenters. The lowest BCUT2D eigenvalue weighted by molar-refractivity contribution is 0.101. The SMILES string of the molecule is CC(=O)c1cc(F)c(N2CCc3ccccc3C2)cc1C. The second kappa shape index (κ2) is 5.32. The summed E-state index contributed by atoms with van der Waals surface area (Å²) in [6, 6.07) is 11.4. The predicted octanol–water partition coefficient (Wildman–Crippen LogP) is 3.90. The van der Waals surface area contributed by atoms with Crippen molar-refractivity contribution in [3.63, 3.8) is 0 Å². The summed E-state index contributed by atoms with van der Waals surface area (Å²) in [7, 11) is 0. The summed E-state index contributed by atoms with van der Waals surface area (Å²) in [5.41, 5.74) is 4.47. The van der Waals surface area contributed by atoms with Crippen molar-refractivity contribution in [2.75, 3.05) is 11.4 Å². The maximum Gasteiger partial charge on any atom is 0.160 e. The van der Waals surface area contributed by atoms with Crippen LogP contribution in [0, 0.1) is 12.7 Å². The number of carbonyl (C=O) groups is 1. The van der Waals surface area contributed by atoms with Gasteiger partial charge in [-0.25, -0.2) is 4.39 Å². The van der Waals surface area contributed by atoms with Gasteiger partial charge in [0, 0.05) is 18.7 Å². The maximum atomic E-state index is 14.4. The molecule has 21 heavy (non-hydrogen) atoms. The van der Waals surface area contributed by atoms with Gasteiger partial charge in [0.25, 0.3) is 0 Å². The third-order valence-electron chi connectivity index (χ3n) is 4.14. The van der Waals surface area contributed by atoms with Crippen LogP contribution in [0.3, 0.4) is 0 Å². The van der Waals surface area contributed by atoms with Crippen LogP contribution in [0.15, 0.2) is 36.4 Å². The van der Waals surface area contributed by atoms with Crippen LogP contribution in [0.1, 0.15) is 34.0 Å². The highest BCUT2D eigenvalue weighted by Crippen LogP contribution is 2.29. The van der Waals surface area contributed by atoms with Gasteiger partial charge < -0.3 is 4.90 Å². The van der Waals surface area contributed by atoms with Gasteiger partial charge in [0.05, 0.1) is 5.69 Å². The lowest BCUT2D eigenvalue weighted by Crippen LogP contribution is -2.31. The number of aryl methyl sites for hydroxylation is 1. The standard InChI is InChI=1S/C18H18FNO/c1-12-9-18(17(19)10-16(12)13(2)21)20-8-7-14-5-3-4-6-15(14)11-20/h3-6,9-10H,7-8,11H2,1-2H3. The van der Waals surface area contributed by atoms with Crippen molar-refractivity contribution in [2.24, 2.45) is 0 Å². The summed E-state index contributed by atoms with van der Waals surface area (Å²) in [6.45, 7) is 4.84. The topological polar surface area (TPSA) is 20.3 Å². The van der Waals surface area contributed by atoms with Gasteiger partial charge in [0.2, 0.25) is 0 Å². The molecule has 0 saturated carbocycles. The highest BCUT2D eigenvalue weighted by molar-refractivity contribution is 5.96. The molecule has 1 aliphatic heterocycles. The second-order valence-corrected chi connectivity index (χ2v) is 5.61. The van der Waals surface area contributed by atoms with E-state index in [-0.39, 0.29) is 11.6 Å². The fourth-order valence-corrected chi connectivity index (χ4v) is 2.99. The van der Waals surface area contributed by atoms with Crippen molar-refractivity contribution in [1.82, 2.24) is 0 Å². The van der Waals surface area contributed by atoms with E-state index >= 15 is 0 Å². The van der Waals surface area contributed by atoms with E-state index in [4.69, 9.17) is 0 Å². The number of hydrogen-bond donors (Lipinski definition) is 0. The van der Waals surface area contributed by atoms with E-state index in [1.165, 1.54) is 24.1 Å². The van der Waals surface area contributed by atoms with E-state index in [0.717, 1.165) is 18.5 Å². The van der Waals surface area contributed by atoms with Gasteiger partial charge in [-0.15, -0.1) is 0 Å². The molecule has 3 rings (SSSR count). The second-order valence-electron chi connectivity index (χ2n) is 5.61. The molecule has 0 atom stereocenters. The van der Waals surface area contributed by atoms with E-state index < -0.39 is 0 Å². The number of carbonyl (C=O) groups excluding carboxylic acids is 1. The van der Waals surface area contributed by atoms with Crippen LogP contribution in [-0.2, 0) is 13.0 Å². The number of ketones is 1. The zero-order valence-electron chi connectivity index (χ0n) is 12.3. The van der Waals surface area contributed by atoms with Crippen molar-refractivity contribution >= 4 is 11.5 Å². The summed E-state index contributed by atoms with van der Waals surface area (Å²) in [4.78, 5) is 13.5. The van der Waals surface area contributed by atoms with Crippen LogP contribution < -0.4 is 4.90 Å². The lowest BCUT2D eigenvalue weighted by Gasteiger charge is -2.31. The molecular weight excluding hydrogens is 265 g/mol. The van der Waals surface area contributed by atoms with Crippen molar-refractivity contribution in [1.29, 1.82) is 0 Å². The highest BCUT2D eigenvalue weighted by atomic mass is 19.1. The first kappa shape index (κ1) is 13.8. The Labute approximate surface area is 124 Å². The summed E-state index contributed by atoms with van der Waals surface area (Å²) >= 11 is 0. The van der Waals surface area contributed by atoms with Gasteiger partial charge in [-0.05, 0) is 49.1 Å². The summed E-state index contributed by atoms with van der Waals surface area (Å²) < 4.78 is 14.4. The molecule has 0 amide bonds. The van der Waals surface area contributed by atoms with Gasteiger partial charge in [0.15, 0.2) is 5.78 Å². The zero-order chi connectivity index (χ0) is 15.0. The quantitative estimate of drug-likeness (QED) is 0.779. The Balaban J connectivity index is 1.96. The van der Waals surface area contributed by atoms with Crippen LogP contribution >= 0.6 is 0 Å².